The van der Waals surface area contributed by atoms with Gasteiger partial charge in [0.05, 0.1) is 12.2 Å². The summed E-state index contributed by atoms with van der Waals surface area (Å²) in [7, 11) is 0. The van der Waals surface area contributed by atoms with E-state index in [0.717, 1.165) is 17.0 Å². The molecular weight excluding hydrogens is 261 g/mol. The largest absolute Gasteiger partial charge is 0.361 e. The van der Waals surface area contributed by atoms with Crippen LogP contribution in [0.3, 0.4) is 0 Å². The number of benzene rings is 1. The van der Waals surface area contributed by atoms with Crippen molar-refractivity contribution in [3.8, 4) is 0 Å². The highest BCUT2D eigenvalue weighted by molar-refractivity contribution is 5.92. The second-order valence-corrected chi connectivity index (χ2v) is 4.46. The molecular formula is C14H16FN3O2. The van der Waals surface area contributed by atoms with E-state index >= 15 is 0 Å². The Morgan fingerprint density at radius 2 is 2.20 bits per heavy atom. The first kappa shape index (κ1) is 14.2. The lowest BCUT2D eigenvalue weighted by atomic mass is 10.2. The molecule has 0 bridgehead atoms. The van der Waals surface area contributed by atoms with Crippen molar-refractivity contribution in [3.63, 3.8) is 0 Å². The molecule has 0 unspecified atom stereocenters. The third-order valence-corrected chi connectivity index (χ3v) is 2.88. The van der Waals surface area contributed by atoms with Crippen LogP contribution in [0.1, 0.15) is 17.0 Å². The van der Waals surface area contributed by atoms with Gasteiger partial charge in [0, 0.05) is 17.8 Å². The maximum atomic E-state index is 13.0. The predicted molar refractivity (Wildman–Crippen MR) is 72.7 cm³/mol. The standard InChI is InChI=1S/C14H16FN3O2/c1-9-13(10(2)20-18-9)7-16-8-14(19)17-12-5-3-4-11(15)6-12/h3-6,16H,7-8H2,1-2H3,(H,17,19). The van der Waals surface area contributed by atoms with Crippen LogP contribution in [-0.4, -0.2) is 17.6 Å². The molecule has 1 aromatic carbocycles. The molecule has 0 fully saturated rings. The minimum atomic E-state index is -0.383. The highest BCUT2D eigenvalue weighted by atomic mass is 19.1. The van der Waals surface area contributed by atoms with E-state index in [0.29, 0.717) is 12.2 Å². The van der Waals surface area contributed by atoms with Crippen LogP contribution in [0.2, 0.25) is 0 Å². The van der Waals surface area contributed by atoms with Crippen molar-refractivity contribution < 1.29 is 13.7 Å². The molecule has 0 radical (unpaired) electrons. The maximum Gasteiger partial charge on any atom is 0.238 e. The summed E-state index contributed by atoms with van der Waals surface area (Å²) in [6, 6.07) is 5.77. The molecule has 0 spiro atoms. The van der Waals surface area contributed by atoms with Crippen LogP contribution in [0.25, 0.3) is 0 Å². The number of nitrogens with one attached hydrogen (secondary N) is 2. The molecule has 6 heteroatoms. The van der Waals surface area contributed by atoms with Gasteiger partial charge in [-0.1, -0.05) is 11.2 Å². The van der Waals surface area contributed by atoms with Crippen LogP contribution in [0.15, 0.2) is 28.8 Å². The molecule has 1 heterocycles. The molecule has 0 aliphatic rings. The Balaban J connectivity index is 1.81. The molecule has 0 atom stereocenters. The topological polar surface area (TPSA) is 67.2 Å². The molecule has 0 saturated heterocycles. The number of amides is 1. The van der Waals surface area contributed by atoms with Crippen LogP contribution >= 0.6 is 0 Å². The van der Waals surface area contributed by atoms with E-state index in [1.165, 1.54) is 12.1 Å². The van der Waals surface area contributed by atoms with Crippen molar-refractivity contribution in [2.45, 2.75) is 20.4 Å². The van der Waals surface area contributed by atoms with E-state index in [-0.39, 0.29) is 18.3 Å². The van der Waals surface area contributed by atoms with Gasteiger partial charge in [0.25, 0.3) is 0 Å². The van der Waals surface area contributed by atoms with Gasteiger partial charge in [-0.15, -0.1) is 0 Å². The molecule has 2 aromatic rings. The van der Waals surface area contributed by atoms with Crippen molar-refractivity contribution in [1.29, 1.82) is 0 Å². The Labute approximate surface area is 116 Å². The summed E-state index contributed by atoms with van der Waals surface area (Å²) in [6.45, 7) is 4.29. The molecule has 5 nitrogen and oxygen atoms in total. The number of carbonyl (C=O) groups excluding carboxylic acids is 1. The number of halogens is 1. The number of rotatable bonds is 5. The minimum Gasteiger partial charge on any atom is -0.361 e. The molecule has 106 valence electrons. The first-order chi connectivity index (χ1) is 9.56. The van der Waals surface area contributed by atoms with Crippen molar-refractivity contribution in [1.82, 2.24) is 10.5 Å². The van der Waals surface area contributed by atoms with Gasteiger partial charge in [0.15, 0.2) is 0 Å². The minimum absolute atomic E-state index is 0.126. The first-order valence-electron chi connectivity index (χ1n) is 6.24. The van der Waals surface area contributed by atoms with Crippen LogP contribution < -0.4 is 10.6 Å². The Morgan fingerprint density at radius 3 is 2.85 bits per heavy atom. The fourth-order valence-corrected chi connectivity index (χ4v) is 1.83. The van der Waals surface area contributed by atoms with Crippen molar-refractivity contribution in [3.05, 3.63) is 47.1 Å². The van der Waals surface area contributed by atoms with Gasteiger partial charge in [0.1, 0.15) is 11.6 Å². The monoisotopic (exact) mass is 277 g/mol. The number of hydrogen-bond acceptors (Lipinski definition) is 4. The fourth-order valence-electron chi connectivity index (χ4n) is 1.83. The number of hydrogen-bond donors (Lipinski definition) is 2. The van der Waals surface area contributed by atoms with Gasteiger partial charge >= 0.3 is 0 Å². The van der Waals surface area contributed by atoms with Crippen molar-refractivity contribution in [2.75, 3.05) is 11.9 Å². The quantitative estimate of drug-likeness (QED) is 0.879. The average Bonchev–Trinajstić information content (AvgIpc) is 2.70. The molecule has 2 N–H and O–H groups in total. The Morgan fingerprint density at radius 1 is 1.40 bits per heavy atom. The molecule has 0 aliphatic heterocycles. The van der Waals surface area contributed by atoms with E-state index in [2.05, 4.69) is 15.8 Å². The SMILES string of the molecule is Cc1noc(C)c1CNCC(=O)Nc1cccc(F)c1. The summed E-state index contributed by atoms with van der Waals surface area (Å²) in [5.41, 5.74) is 2.19. The Kier molecular flexibility index (Phi) is 4.47. The van der Waals surface area contributed by atoms with Crippen molar-refractivity contribution >= 4 is 11.6 Å². The molecule has 2 rings (SSSR count). The van der Waals surface area contributed by atoms with E-state index < -0.39 is 0 Å². The number of aryl methyl sites for hydroxylation is 2. The smallest absolute Gasteiger partial charge is 0.238 e. The van der Waals surface area contributed by atoms with Gasteiger partial charge in [0.2, 0.25) is 5.91 Å². The number of carbonyl (C=O) groups is 1. The number of nitrogens with zero attached hydrogens (tertiary/aromatic N) is 1. The van der Waals surface area contributed by atoms with Crippen LogP contribution in [-0.2, 0) is 11.3 Å². The Hall–Kier alpha value is -2.21. The summed E-state index contributed by atoms with van der Waals surface area (Å²) in [5, 5.41) is 9.44. The van der Waals surface area contributed by atoms with Gasteiger partial charge < -0.3 is 15.2 Å². The van der Waals surface area contributed by atoms with Crippen molar-refractivity contribution in [2.24, 2.45) is 0 Å². The molecule has 0 saturated carbocycles. The highest BCUT2D eigenvalue weighted by Gasteiger charge is 2.09. The van der Waals surface area contributed by atoms with Gasteiger partial charge in [-0.25, -0.2) is 4.39 Å². The summed E-state index contributed by atoms with van der Waals surface area (Å²) in [4.78, 5) is 11.7. The van der Waals surface area contributed by atoms with Gasteiger partial charge in [-0.2, -0.15) is 0 Å². The number of aromatic nitrogens is 1. The molecule has 1 amide bonds. The predicted octanol–water partition coefficient (Wildman–Crippen LogP) is 2.16. The lowest BCUT2D eigenvalue weighted by Gasteiger charge is -2.06. The third kappa shape index (κ3) is 3.64. The average molecular weight is 277 g/mol. The van der Waals surface area contributed by atoms with Gasteiger partial charge in [-0.3, -0.25) is 4.79 Å². The van der Waals surface area contributed by atoms with E-state index in [9.17, 15) is 9.18 Å². The highest BCUT2D eigenvalue weighted by Crippen LogP contribution is 2.11. The molecule has 20 heavy (non-hydrogen) atoms. The zero-order valence-electron chi connectivity index (χ0n) is 11.4. The van der Waals surface area contributed by atoms with E-state index in [4.69, 9.17) is 4.52 Å². The molecule has 0 aliphatic carbocycles. The summed E-state index contributed by atoms with van der Waals surface area (Å²) < 4.78 is 18.0. The zero-order chi connectivity index (χ0) is 14.5. The first-order valence-corrected chi connectivity index (χ1v) is 6.24. The lowest BCUT2D eigenvalue weighted by Crippen LogP contribution is -2.28. The van der Waals surface area contributed by atoms with Gasteiger partial charge in [-0.05, 0) is 32.0 Å². The fraction of sp³-hybridized carbons (Fsp3) is 0.286. The van der Waals surface area contributed by atoms with E-state index in [1.54, 1.807) is 12.1 Å². The van der Waals surface area contributed by atoms with Crippen LogP contribution in [0.4, 0.5) is 10.1 Å². The second kappa shape index (κ2) is 6.29. The maximum absolute atomic E-state index is 13.0. The number of anilines is 1. The second-order valence-electron chi connectivity index (χ2n) is 4.46. The Bertz CT molecular complexity index is 591. The third-order valence-electron chi connectivity index (χ3n) is 2.88. The van der Waals surface area contributed by atoms with Crippen LogP contribution in [0.5, 0.6) is 0 Å². The zero-order valence-corrected chi connectivity index (χ0v) is 11.4. The summed E-state index contributed by atoms with van der Waals surface area (Å²) in [6.07, 6.45) is 0. The summed E-state index contributed by atoms with van der Waals surface area (Å²) >= 11 is 0. The summed E-state index contributed by atoms with van der Waals surface area (Å²) in [5.74, 6) is 0.120. The normalized spacial score (nSPS) is 10.6. The van der Waals surface area contributed by atoms with E-state index in [1.807, 2.05) is 13.8 Å². The van der Waals surface area contributed by atoms with Crippen LogP contribution in [0, 0.1) is 19.7 Å². The molecule has 1 aromatic heterocycles. The lowest BCUT2D eigenvalue weighted by molar-refractivity contribution is -0.115.